The van der Waals surface area contributed by atoms with Gasteiger partial charge in [-0.05, 0) is 55.8 Å². The van der Waals surface area contributed by atoms with Gasteiger partial charge in [0.15, 0.2) is 0 Å². The van der Waals surface area contributed by atoms with E-state index >= 15 is 0 Å². The monoisotopic (exact) mass is 230 g/mol. The Bertz CT molecular complexity index is 400. The molecule has 0 saturated heterocycles. The fourth-order valence-corrected chi connectivity index (χ4v) is 4.85. The predicted octanol–water partition coefficient (Wildman–Crippen LogP) is 1.99. The van der Waals surface area contributed by atoms with Crippen LogP contribution in [0.15, 0.2) is 6.20 Å². The molecule has 0 aromatic carbocycles. The van der Waals surface area contributed by atoms with Gasteiger partial charge in [0.05, 0.1) is 11.9 Å². The molecule has 0 amide bonds. The Morgan fingerprint density at radius 2 is 1.59 bits per heavy atom. The molecule has 0 spiro atoms. The van der Waals surface area contributed by atoms with Gasteiger partial charge in [0.1, 0.15) is 0 Å². The second kappa shape index (κ2) is 3.40. The van der Waals surface area contributed by atoms with Crippen molar-refractivity contribution in [3.63, 3.8) is 0 Å². The molecule has 5 rings (SSSR count). The van der Waals surface area contributed by atoms with E-state index in [1.54, 1.807) is 0 Å². The number of nitrogens with two attached hydrogens (primary N) is 1. The number of nitrogen functional groups attached to an aromatic ring is 1. The van der Waals surface area contributed by atoms with E-state index < -0.39 is 0 Å². The van der Waals surface area contributed by atoms with E-state index in [0.717, 1.165) is 29.4 Å². The zero-order chi connectivity index (χ0) is 11.4. The summed E-state index contributed by atoms with van der Waals surface area (Å²) in [5, 5.41) is 8.22. The largest absolute Gasteiger partial charge is 0.366 e. The topological polar surface area (TPSA) is 64.7 Å². The lowest BCUT2D eigenvalue weighted by Gasteiger charge is -2.54. The maximum absolute atomic E-state index is 5.52. The average molecular weight is 230 g/mol. The van der Waals surface area contributed by atoms with E-state index in [1.165, 1.54) is 32.1 Å². The van der Waals surface area contributed by atoms with Gasteiger partial charge in [0.25, 0.3) is 0 Å². The molecule has 4 bridgehead atoms. The third-order valence-corrected chi connectivity index (χ3v) is 5.17. The van der Waals surface area contributed by atoms with Crippen LogP contribution in [0.5, 0.6) is 0 Å². The van der Waals surface area contributed by atoms with Gasteiger partial charge in [-0.15, -0.1) is 10.2 Å². The number of hydrogen-bond acceptors (Lipinski definition) is 4. The van der Waals surface area contributed by atoms with Crippen LogP contribution in [0.2, 0.25) is 0 Å². The van der Waals surface area contributed by atoms with E-state index in [-0.39, 0.29) is 5.95 Å². The quantitative estimate of drug-likeness (QED) is 0.801. The van der Waals surface area contributed by atoms with E-state index in [0.29, 0.717) is 5.92 Å². The standard InChI is InChI=1S/C13H18N4/c14-13-15-6-11(16-17-13)12-9-2-7-1-8(4-9)5-10(12)3-7/h6-10,12H,1-5H2,(H2,14,15,17). The van der Waals surface area contributed by atoms with Gasteiger partial charge in [0.2, 0.25) is 5.95 Å². The third kappa shape index (κ3) is 1.46. The molecule has 4 heteroatoms. The summed E-state index contributed by atoms with van der Waals surface area (Å²) in [6.45, 7) is 0. The number of aromatic nitrogens is 3. The summed E-state index contributed by atoms with van der Waals surface area (Å²) >= 11 is 0. The van der Waals surface area contributed by atoms with Gasteiger partial charge in [-0.2, -0.15) is 0 Å². The predicted molar refractivity (Wildman–Crippen MR) is 64.0 cm³/mol. The van der Waals surface area contributed by atoms with Gasteiger partial charge in [-0.25, -0.2) is 4.98 Å². The Hall–Kier alpha value is -1.19. The number of nitrogens with zero attached hydrogens (tertiary/aromatic N) is 3. The summed E-state index contributed by atoms with van der Waals surface area (Å²) in [6.07, 6.45) is 8.97. The molecule has 0 aliphatic heterocycles. The van der Waals surface area contributed by atoms with Gasteiger partial charge in [-0.3, -0.25) is 0 Å². The molecule has 1 aromatic rings. The lowest BCUT2D eigenvalue weighted by Crippen LogP contribution is -2.44. The van der Waals surface area contributed by atoms with Crippen LogP contribution in [0.25, 0.3) is 0 Å². The van der Waals surface area contributed by atoms with Crippen molar-refractivity contribution in [2.45, 2.75) is 38.0 Å². The first-order chi connectivity index (χ1) is 8.29. The summed E-state index contributed by atoms with van der Waals surface area (Å²) < 4.78 is 0. The van der Waals surface area contributed by atoms with Crippen LogP contribution in [0.4, 0.5) is 5.95 Å². The molecule has 4 aliphatic carbocycles. The first-order valence-electron chi connectivity index (χ1n) is 6.74. The molecule has 0 unspecified atom stereocenters. The van der Waals surface area contributed by atoms with Crippen LogP contribution in [-0.4, -0.2) is 15.2 Å². The van der Waals surface area contributed by atoms with E-state index in [4.69, 9.17) is 5.73 Å². The van der Waals surface area contributed by atoms with Crippen LogP contribution in [0, 0.1) is 23.7 Å². The second-order valence-corrected chi connectivity index (χ2v) is 6.20. The average Bonchev–Trinajstić information content (AvgIpc) is 2.30. The fraction of sp³-hybridized carbons (Fsp3) is 0.769. The smallest absolute Gasteiger partial charge is 0.240 e. The van der Waals surface area contributed by atoms with Gasteiger partial charge in [0, 0.05) is 5.92 Å². The highest BCUT2D eigenvalue weighted by atomic mass is 15.2. The van der Waals surface area contributed by atoms with E-state index in [2.05, 4.69) is 15.2 Å². The van der Waals surface area contributed by atoms with Gasteiger partial charge in [-0.1, -0.05) is 0 Å². The van der Waals surface area contributed by atoms with Crippen molar-refractivity contribution in [2.75, 3.05) is 5.73 Å². The zero-order valence-corrected chi connectivity index (χ0v) is 9.92. The van der Waals surface area contributed by atoms with Crippen LogP contribution < -0.4 is 5.73 Å². The minimum Gasteiger partial charge on any atom is -0.366 e. The van der Waals surface area contributed by atoms with Gasteiger partial charge >= 0.3 is 0 Å². The normalized spacial score (nSPS) is 42.9. The third-order valence-electron chi connectivity index (χ3n) is 5.17. The SMILES string of the molecule is Nc1ncc(C2C3CC4CC(C3)CC2C4)nn1. The van der Waals surface area contributed by atoms with Crippen molar-refractivity contribution in [1.29, 1.82) is 0 Å². The molecule has 4 fully saturated rings. The molecule has 2 N–H and O–H groups in total. The summed E-state index contributed by atoms with van der Waals surface area (Å²) in [5.41, 5.74) is 6.61. The Morgan fingerprint density at radius 1 is 0.941 bits per heavy atom. The summed E-state index contributed by atoms with van der Waals surface area (Å²) in [7, 11) is 0. The zero-order valence-electron chi connectivity index (χ0n) is 9.92. The van der Waals surface area contributed by atoms with Crippen LogP contribution in [0.3, 0.4) is 0 Å². The summed E-state index contributed by atoms with van der Waals surface area (Å²) in [4.78, 5) is 4.12. The molecule has 1 aromatic heterocycles. The van der Waals surface area contributed by atoms with Crippen LogP contribution in [0.1, 0.15) is 43.7 Å². The van der Waals surface area contributed by atoms with Gasteiger partial charge < -0.3 is 5.73 Å². The van der Waals surface area contributed by atoms with Crippen molar-refractivity contribution in [3.8, 4) is 0 Å². The maximum atomic E-state index is 5.52. The highest BCUT2D eigenvalue weighted by Crippen LogP contribution is 2.59. The van der Waals surface area contributed by atoms with Crippen molar-refractivity contribution < 1.29 is 0 Å². The Balaban J connectivity index is 1.68. The summed E-state index contributed by atoms with van der Waals surface area (Å²) in [5.74, 6) is 4.59. The number of hydrogen-bond donors (Lipinski definition) is 1. The molecule has 4 nitrogen and oxygen atoms in total. The molecule has 4 saturated carbocycles. The highest BCUT2D eigenvalue weighted by molar-refractivity contribution is 5.17. The van der Waals surface area contributed by atoms with Crippen LogP contribution in [-0.2, 0) is 0 Å². The van der Waals surface area contributed by atoms with E-state index in [9.17, 15) is 0 Å². The van der Waals surface area contributed by atoms with Crippen LogP contribution >= 0.6 is 0 Å². The van der Waals surface area contributed by atoms with Crippen molar-refractivity contribution in [2.24, 2.45) is 23.7 Å². The first kappa shape index (κ1) is 9.80. The lowest BCUT2D eigenvalue weighted by atomic mass is 9.51. The molecule has 0 radical (unpaired) electrons. The highest BCUT2D eigenvalue weighted by Gasteiger charge is 2.49. The van der Waals surface area contributed by atoms with Crippen molar-refractivity contribution >= 4 is 5.95 Å². The van der Waals surface area contributed by atoms with E-state index in [1.807, 2.05) is 6.20 Å². The fourth-order valence-electron chi connectivity index (χ4n) is 4.85. The molecular formula is C13H18N4. The molecule has 90 valence electrons. The molecule has 4 aliphatic rings. The molecule has 1 heterocycles. The molecular weight excluding hydrogens is 212 g/mol. The Labute approximate surface area is 101 Å². The Kier molecular flexibility index (Phi) is 1.96. The second-order valence-electron chi connectivity index (χ2n) is 6.20. The minimum absolute atomic E-state index is 0.289. The summed E-state index contributed by atoms with van der Waals surface area (Å²) in [6, 6.07) is 0. The molecule has 17 heavy (non-hydrogen) atoms. The Morgan fingerprint density at radius 3 is 2.12 bits per heavy atom. The first-order valence-corrected chi connectivity index (χ1v) is 6.74. The lowest BCUT2D eigenvalue weighted by molar-refractivity contribution is -0.00455. The van der Waals surface area contributed by atoms with Crippen molar-refractivity contribution in [1.82, 2.24) is 15.2 Å². The maximum Gasteiger partial charge on any atom is 0.240 e. The molecule has 0 atom stereocenters. The minimum atomic E-state index is 0.289. The van der Waals surface area contributed by atoms with Crippen molar-refractivity contribution in [3.05, 3.63) is 11.9 Å². The number of anilines is 1. The number of rotatable bonds is 1.